The quantitative estimate of drug-likeness (QED) is 0.492. The van der Waals surface area contributed by atoms with Crippen LogP contribution in [0.5, 0.6) is 0 Å². The maximum absolute atomic E-state index is 12.0. The van der Waals surface area contributed by atoms with Gasteiger partial charge in [-0.05, 0) is 39.7 Å². The Morgan fingerprint density at radius 2 is 2.03 bits per heavy atom. The molecule has 0 spiro atoms. The number of carbonyl (C=O) groups is 2. The highest BCUT2D eigenvalue weighted by Crippen LogP contribution is 2.36. The minimum atomic E-state index is -0.527. The molecular formula is C21H26N6O4. The van der Waals surface area contributed by atoms with E-state index in [2.05, 4.69) is 30.9 Å². The van der Waals surface area contributed by atoms with Crippen LogP contribution in [-0.2, 0) is 4.74 Å². The maximum Gasteiger partial charge on any atom is 0.407 e. The van der Waals surface area contributed by atoms with E-state index in [1.807, 2.05) is 33.0 Å². The van der Waals surface area contributed by atoms with Crippen molar-refractivity contribution in [2.75, 3.05) is 12.4 Å². The summed E-state index contributed by atoms with van der Waals surface area (Å²) < 4.78 is 10.9. The molecule has 3 heterocycles. The van der Waals surface area contributed by atoms with Gasteiger partial charge in [-0.15, -0.1) is 0 Å². The summed E-state index contributed by atoms with van der Waals surface area (Å²) in [7, 11) is 1.54. The summed E-state index contributed by atoms with van der Waals surface area (Å²) in [4.78, 5) is 35.6. The number of rotatable bonds is 5. The van der Waals surface area contributed by atoms with Gasteiger partial charge in [0.1, 0.15) is 17.5 Å². The van der Waals surface area contributed by atoms with Crippen molar-refractivity contribution in [2.24, 2.45) is 0 Å². The molecule has 0 aliphatic heterocycles. The van der Waals surface area contributed by atoms with E-state index >= 15 is 0 Å². The molecule has 4 rings (SSSR count). The van der Waals surface area contributed by atoms with E-state index in [0.29, 0.717) is 11.5 Å². The van der Waals surface area contributed by atoms with Crippen LogP contribution in [0.25, 0.3) is 22.5 Å². The van der Waals surface area contributed by atoms with Crippen molar-refractivity contribution in [2.45, 2.75) is 51.3 Å². The number of hydrogen-bond donors (Lipinski definition) is 4. The molecule has 1 aliphatic carbocycles. The zero-order valence-corrected chi connectivity index (χ0v) is 17.9. The van der Waals surface area contributed by atoms with Crippen LogP contribution in [0.15, 0.2) is 29.1 Å². The summed E-state index contributed by atoms with van der Waals surface area (Å²) in [5.41, 5.74) is 1.87. The molecule has 1 aliphatic rings. The fourth-order valence-electron chi connectivity index (χ4n) is 3.49. The van der Waals surface area contributed by atoms with Crippen LogP contribution in [0, 0.1) is 0 Å². The first kappa shape index (κ1) is 20.7. The van der Waals surface area contributed by atoms with E-state index < -0.39 is 11.7 Å². The summed E-state index contributed by atoms with van der Waals surface area (Å²) in [5.74, 6) is -0.0188. The second-order valence-electron chi connectivity index (χ2n) is 8.56. The Bertz CT molecular complexity index is 1110. The monoisotopic (exact) mass is 426 g/mol. The van der Waals surface area contributed by atoms with Gasteiger partial charge in [0.25, 0.3) is 5.91 Å². The van der Waals surface area contributed by atoms with Crippen molar-refractivity contribution in [1.29, 1.82) is 0 Å². The van der Waals surface area contributed by atoms with E-state index in [0.717, 1.165) is 29.6 Å². The van der Waals surface area contributed by atoms with E-state index in [-0.39, 0.29) is 23.7 Å². The third-order valence-electron chi connectivity index (χ3n) is 4.99. The van der Waals surface area contributed by atoms with Crippen molar-refractivity contribution in [3.05, 3.63) is 30.4 Å². The summed E-state index contributed by atoms with van der Waals surface area (Å²) in [5, 5.41) is 9.84. The summed E-state index contributed by atoms with van der Waals surface area (Å²) in [6, 6.07) is 2.11. The van der Waals surface area contributed by atoms with Crippen LogP contribution in [0.1, 0.15) is 44.1 Å². The van der Waals surface area contributed by atoms with Crippen LogP contribution >= 0.6 is 0 Å². The van der Waals surface area contributed by atoms with E-state index in [1.165, 1.54) is 13.3 Å². The summed E-state index contributed by atoms with van der Waals surface area (Å²) in [6.45, 7) is 5.51. The van der Waals surface area contributed by atoms with Crippen molar-refractivity contribution in [3.8, 4) is 11.5 Å². The molecule has 3 aromatic rings. The van der Waals surface area contributed by atoms with Gasteiger partial charge < -0.3 is 30.1 Å². The number of aromatic amines is 1. The molecule has 1 saturated carbocycles. The highest BCUT2D eigenvalue weighted by molar-refractivity contribution is 5.98. The number of nitrogens with one attached hydrogen (secondary N) is 4. The number of H-pyrrole nitrogens is 1. The topological polar surface area (TPSA) is 134 Å². The first-order valence-corrected chi connectivity index (χ1v) is 10.1. The molecule has 2 amide bonds. The zero-order chi connectivity index (χ0) is 22.2. The van der Waals surface area contributed by atoms with Crippen LogP contribution in [0.4, 0.5) is 10.5 Å². The number of carbonyl (C=O) groups excluding carboxylic acids is 2. The third kappa shape index (κ3) is 4.47. The standard InChI is InChI=1S/C21H26N6O4/c1-21(2,3)31-20(29)26-12-7-11(8-12)25-16-13-5-6-23-17(13)24-9-14(16)19-27-15(10-30-19)18(28)22-4/h5-6,9-12H,7-8H2,1-4H3,(H,22,28)(H,26,29)(H2,23,24,25)/t11-,12+. The predicted octanol–water partition coefficient (Wildman–Crippen LogP) is 3.05. The molecule has 10 nitrogen and oxygen atoms in total. The number of ether oxygens (including phenoxy) is 1. The van der Waals surface area contributed by atoms with Gasteiger partial charge in [0, 0.05) is 36.9 Å². The number of amides is 2. The van der Waals surface area contributed by atoms with Crippen LogP contribution < -0.4 is 16.0 Å². The number of aromatic nitrogens is 3. The fraction of sp³-hybridized carbons (Fsp3) is 0.429. The Morgan fingerprint density at radius 3 is 2.74 bits per heavy atom. The molecule has 0 radical (unpaired) electrons. The highest BCUT2D eigenvalue weighted by atomic mass is 16.6. The van der Waals surface area contributed by atoms with Crippen LogP contribution in [-0.4, -0.2) is 51.7 Å². The zero-order valence-electron chi connectivity index (χ0n) is 17.9. The van der Waals surface area contributed by atoms with Gasteiger partial charge in [0.2, 0.25) is 5.89 Å². The molecule has 3 aromatic heterocycles. The molecule has 0 saturated heterocycles. The molecule has 0 unspecified atom stereocenters. The number of oxazole rings is 1. The Hall–Kier alpha value is -3.56. The first-order valence-electron chi connectivity index (χ1n) is 10.1. The molecule has 0 atom stereocenters. The lowest BCUT2D eigenvalue weighted by Gasteiger charge is -2.37. The molecule has 1 fully saturated rings. The van der Waals surface area contributed by atoms with Crippen molar-refractivity contribution in [3.63, 3.8) is 0 Å². The fourth-order valence-corrected chi connectivity index (χ4v) is 3.49. The maximum atomic E-state index is 12.0. The largest absolute Gasteiger partial charge is 0.444 e. The Kier molecular flexibility index (Phi) is 5.30. The van der Waals surface area contributed by atoms with Crippen molar-refractivity contribution in [1.82, 2.24) is 25.6 Å². The SMILES string of the molecule is CNC(=O)c1coc(-c2cnc3[nH]ccc3c2N[C@H]2C[C@@H](NC(=O)OC(C)(C)C)C2)n1. The lowest BCUT2D eigenvalue weighted by molar-refractivity contribution is 0.0475. The van der Waals surface area contributed by atoms with E-state index in [4.69, 9.17) is 9.15 Å². The van der Waals surface area contributed by atoms with Crippen LogP contribution in [0.3, 0.4) is 0 Å². The predicted molar refractivity (Wildman–Crippen MR) is 115 cm³/mol. The number of hydrogen-bond acceptors (Lipinski definition) is 7. The lowest BCUT2D eigenvalue weighted by atomic mass is 9.86. The Balaban J connectivity index is 1.50. The van der Waals surface area contributed by atoms with E-state index in [9.17, 15) is 9.59 Å². The van der Waals surface area contributed by atoms with Crippen molar-refractivity contribution < 1.29 is 18.7 Å². The van der Waals surface area contributed by atoms with Gasteiger partial charge in [-0.25, -0.2) is 14.8 Å². The number of nitrogens with zero attached hydrogens (tertiary/aromatic N) is 2. The van der Waals surface area contributed by atoms with Gasteiger partial charge in [-0.3, -0.25) is 4.79 Å². The number of pyridine rings is 1. The lowest BCUT2D eigenvalue weighted by Crippen LogP contribution is -2.50. The third-order valence-corrected chi connectivity index (χ3v) is 4.99. The highest BCUT2D eigenvalue weighted by Gasteiger charge is 2.33. The normalized spacial score (nSPS) is 18.3. The molecule has 0 aromatic carbocycles. The van der Waals surface area contributed by atoms with Gasteiger partial charge in [-0.1, -0.05) is 0 Å². The smallest absolute Gasteiger partial charge is 0.407 e. The number of fused-ring (bicyclic) bond motifs is 1. The molecule has 164 valence electrons. The molecular weight excluding hydrogens is 400 g/mol. The first-order chi connectivity index (χ1) is 14.7. The second kappa shape index (κ2) is 7.93. The van der Waals surface area contributed by atoms with Gasteiger partial charge in [0.15, 0.2) is 5.69 Å². The summed E-state index contributed by atoms with van der Waals surface area (Å²) in [6.07, 6.45) is 5.89. The number of anilines is 1. The number of alkyl carbamates (subject to hydrolysis) is 1. The summed E-state index contributed by atoms with van der Waals surface area (Å²) >= 11 is 0. The molecule has 0 bridgehead atoms. The van der Waals surface area contributed by atoms with Gasteiger partial charge in [-0.2, -0.15) is 0 Å². The second-order valence-corrected chi connectivity index (χ2v) is 8.56. The van der Waals surface area contributed by atoms with Gasteiger partial charge in [0.05, 0.1) is 11.3 Å². The van der Waals surface area contributed by atoms with E-state index in [1.54, 1.807) is 6.20 Å². The molecule has 31 heavy (non-hydrogen) atoms. The molecule has 10 heteroatoms. The average Bonchev–Trinajstić information content (AvgIpc) is 3.33. The van der Waals surface area contributed by atoms with Crippen molar-refractivity contribution >= 4 is 28.7 Å². The Morgan fingerprint density at radius 1 is 1.26 bits per heavy atom. The van der Waals surface area contributed by atoms with Gasteiger partial charge >= 0.3 is 6.09 Å². The average molecular weight is 426 g/mol. The Labute approximate surface area is 179 Å². The minimum absolute atomic E-state index is 0.0425. The minimum Gasteiger partial charge on any atom is -0.444 e. The van der Waals surface area contributed by atoms with Crippen LogP contribution in [0.2, 0.25) is 0 Å². The molecule has 4 N–H and O–H groups in total.